The van der Waals surface area contributed by atoms with Crippen molar-refractivity contribution in [3.63, 3.8) is 0 Å². The Morgan fingerprint density at radius 1 is 1.35 bits per heavy atom. The van der Waals surface area contributed by atoms with Gasteiger partial charge in [-0.15, -0.1) is 10.2 Å². The summed E-state index contributed by atoms with van der Waals surface area (Å²) in [6, 6.07) is 3.96. The quantitative estimate of drug-likeness (QED) is 0.621. The van der Waals surface area contributed by atoms with Crippen molar-refractivity contribution in [1.82, 2.24) is 14.8 Å². The number of carbonyl (C=O) groups is 1. The van der Waals surface area contributed by atoms with Gasteiger partial charge in [0.25, 0.3) is 0 Å². The molecule has 0 saturated heterocycles. The Labute approximate surface area is 138 Å². The van der Waals surface area contributed by atoms with E-state index in [1.807, 2.05) is 0 Å². The van der Waals surface area contributed by atoms with Crippen LogP contribution in [-0.4, -0.2) is 33.4 Å². The maximum atomic E-state index is 13.4. The molecule has 122 valence electrons. The molecular weight excluding hydrogens is 317 g/mol. The van der Waals surface area contributed by atoms with Gasteiger partial charge in [0.05, 0.1) is 18.4 Å². The standard InChI is InChI=1S/C16H18FN3O2S/c1-22-14-7-6-11(17)9-12(14)13(21)10-23-16-19-18-15-5-3-2-4-8-20(15)16/h6-7,9H,2-5,8,10H2,1H3. The lowest BCUT2D eigenvalue weighted by Gasteiger charge is -2.08. The lowest BCUT2D eigenvalue weighted by Crippen LogP contribution is -2.08. The third-order valence-electron chi connectivity index (χ3n) is 3.87. The number of carbonyl (C=O) groups excluding carboxylic acids is 1. The first-order valence-electron chi connectivity index (χ1n) is 7.60. The van der Waals surface area contributed by atoms with Crippen molar-refractivity contribution in [1.29, 1.82) is 0 Å². The van der Waals surface area contributed by atoms with Crippen LogP contribution >= 0.6 is 11.8 Å². The van der Waals surface area contributed by atoms with Crippen LogP contribution in [0.2, 0.25) is 0 Å². The van der Waals surface area contributed by atoms with Crippen molar-refractivity contribution in [3.8, 4) is 5.75 Å². The van der Waals surface area contributed by atoms with E-state index >= 15 is 0 Å². The number of halogens is 1. The number of ether oxygens (including phenoxy) is 1. The number of aryl methyl sites for hydroxylation is 1. The lowest BCUT2D eigenvalue weighted by molar-refractivity contribution is 0.101. The van der Waals surface area contributed by atoms with Gasteiger partial charge in [-0.05, 0) is 31.0 Å². The number of nitrogens with zero attached hydrogens (tertiary/aromatic N) is 3. The third kappa shape index (κ3) is 3.55. The molecular formula is C16H18FN3O2S. The van der Waals surface area contributed by atoms with Crippen LogP contribution in [-0.2, 0) is 13.0 Å². The van der Waals surface area contributed by atoms with Gasteiger partial charge < -0.3 is 9.30 Å². The molecule has 23 heavy (non-hydrogen) atoms. The van der Waals surface area contributed by atoms with Crippen LogP contribution in [0.25, 0.3) is 0 Å². The SMILES string of the molecule is COc1ccc(F)cc1C(=O)CSc1nnc2n1CCCCC2. The summed E-state index contributed by atoms with van der Waals surface area (Å²) in [6.07, 6.45) is 4.35. The summed E-state index contributed by atoms with van der Waals surface area (Å²) in [5.74, 6) is 0.920. The molecule has 2 heterocycles. The van der Waals surface area contributed by atoms with Crippen molar-refractivity contribution < 1.29 is 13.9 Å². The second-order valence-electron chi connectivity index (χ2n) is 5.42. The summed E-state index contributed by atoms with van der Waals surface area (Å²) in [7, 11) is 1.47. The first-order chi connectivity index (χ1) is 11.2. The Kier molecular flexibility index (Phi) is 4.95. The molecule has 0 amide bonds. The Hall–Kier alpha value is -1.89. The zero-order chi connectivity index (χ0) is 16.2. The molecule has 0 aliphatic carbocycles. The molecule has 0 fully saturated rings. The Morgan fingerprint density at radius 2 is 2.22 bits per heavy atom. The third-order valence-corrected chi connectivity index (χ3v) is 4.84. The van der Waals surface area contributed by atoms with Crippen molar-refractivity contribution in [2.75, 3.05) is 12.9 Å². The molecule has 2 aromatic rings. The van der Waals surface area contributed by atoms with Crippen molar-refractivity contribution in [3.05, 3.63) is 35.4 Å². The number of thioether (sulfide) groups is 1. The predicted molar refractivity (Wildman–Crippen MR) is 85.6 cm³/mol. The highest BCUT2D eigenvalue weighted by Crippen LogP contribution is 2.25. The zero-order valence-corrected chi connectivity index (χ0v) is 13.7. The van der Waals surface area contributed by atoms with E-state index in [0.717, 1.165) is 36.8 Å². The van der Waals surface area contributed by atoms with E-state index in [-0.39, 0.29) is 17.1 Å². The summed E-state index contributed by atoms with van der Waals surface area (Å²) in [4.78, 5) is 12.4. The van der Waals surface area contributed by atoms with E-state index in [0.29, 0.717) is 5.75 Å². The van der Waals surface area contributed by atoms with Crippen molar-refractivity contribution in [2.24, 2.45) is 0 Å². The van der Waals surface area contributed by atoms with E-state index in [2.05, 4.69) is 14.8 Å². The van der Waals surface area contributed by atoms with Gasteiger partial charge in [0.15, 0.2) is 10.9 Å². The Morgan fingerprint density at radius 3 is 3.04 bits per heavy atom. The van der Waals surface area contributed by atoms with Crippen molar-refractivity contribution >= 4 is 17.5 Å². The molecule has 7 heteroatoms. The fourth-order valence-corrected chi connectivity index (χ4v) is 3.54. The fraction of sp³-hybridized carbons (Fsp3) is 0.438. The first-order valence-corrected chi connectivity index (χ1v) is 8.59. The van der Waals surface area contributed by atoms with E-state index in [9.17, 15) is 9.18 Å². The largest absolute Gasteiger partial charge is 0.496 e. The Bertz CT molecular complexity index is 717. The van der Waals surface area contributed by atoms with Gasteiger partial charge in [-0.25, -0.2) is 4.39 Å². The molecule has 0 unspecified atom stereocenters. The van der Waals surface area contributed by atoms with Crippen LogP contribution in [0.3, 0.4) is 0 Å². The maximum Gasteiger partial charge on any atom is 0.191 e. The van der Waals surface area contributed by atoms with Crippen LogP contribution in [0.1, 0.15) is 35.4 Å². The molecule has 0 saturated carbocycles. The van der Waals surface area contributed by atoms with E-state index < -0.39 is 5.82 Å². The molecule has 0 spiro atoms. The Balaban J connectivity index is 1.73. The van der Waals surface area contributed by atoms with Gasteiger partial charge >= 0.3 is 0 Å². The van der Waals surface area contributed by atoms with Crippen molar-refractivity contribution in [2.45, 2.75) is 37.4 Å². The second kappa shape index (κ2) is 7.12. The summed E-state index contributed by atoms with van der Waals surface area (Å²) < 4.78 is 20.6. The lowest BCUT2D eigenvalue weighted by atomic mass is 10.1. The number of hydrogen-bond acceptors (Lipinski definition) is 5. The van der Waals surface area contributed by atoms with Crippen LogP contribution in [0.15, 0.2) is 23.4 Å². The zero-order valence-electron chi connectivity index (χ0n) is 12.9. The van der Waals surface area contributed by atoms with Gasteiger partial charge in [-0.3, -0.25) is 4.79 Å². The number of hydrogen-bond donors (Lipinski definition) is 0. The minimum Gasteiger partial charge on any atom is -0.496 e. The molecule has 3 rings (SSSR count). The molecule has 1 aromatic heterocycles. The number of benzene rings is 1. The molecule has 1 aliphatic rings. The predicted octanol–water partition coefficient (Wildman–Crippen LogP) is 3.13. The molecule has 0 atom stereocenters. The first kappa shape index (κ1) is 16.0. The number of rotatable bonds is 5. The maximum absolute atomic E-state index is 13.4. The van der Waals surface area contributed by atoms with Gasteiger partial charge in [0.2, 0.25) is 0 Å². The summed E-state index contributed by atoms with van der Waals surface area (Å²) in [5, 5.41) is 9.15. The molecule has 1 aromatic carbocycles. The van der Waals surface area contributed by atoms with Gasteiger partial charge in [-0.1, -0.05) is 18.2 Å². The number of methoxy groups -OCH3 is 1. The van der Waals surface area contributed by atoms with Gasteiger partial charge in [0, 0.05) is 13.0 Å². The van der Waals surface area contributed by atoms with Gasteiger partial charge in [0.1, 0.15) is 17.4 Å². The average molecular weight is 335 g/mol. The van der Waals surface area contributed by atoms with Gasteiger partial charge in [-0.2, -0.15) is 0 Å². The smallest absolute Gasteiger partial charge is 0.191 e. The monoisotopic (exact) mass is 335 g/mol. The molecule has 0 bridgehead atoms. The number of Topliss-reactive ketones (excluding diaryl/α,β-unsaturated/α-hetero) is 1. The van der Waals surface area contributed by atoms with Crippen LogP contribution in [0, 0.1) is 5.82 Å². The molecule has 0 radical (unpaired) electrons. The van der Waals surface area contributed by atoms with E-state index in [4.69, 9.17) is 4.74 Å². The van der Waals surface area contributed by atoms with E-state index in [1.54, 1.807) is 0 Å². The average Bonchev–Trinajstić information content (AvgIpc) is 2.79. The highest BCUT2D eigenvalue weighted by molar-refractivity contribution is 7.99. The highest BCUT2D eigenvalue weighted by Gasteiger charge is 2.18. The van der Waals surface area contributed by atoms with Crippen LogP contribution in [0.5, 0.6) is 5.75 Å². The number of fused-ring (bicyclic) bond motifs is 1. The molecule has 0 N–H and O–H groups in total. The molecule has 1 aliphatic heterocycles. The summed E-state index contributed by atoms with van der Waals surface area (Å²) >= 11 is 1.34. The summed E-state index contributed by atoms with van der Waals surface area (Å²) in [5.41, 5.74) is 0.260. The normalized spacial score (nSPS) is 14.2. The number of ketones is 1. The number of aromatic nitrogens is 3. The minimum absolute atomic E-state index is 0.179. The second-order valence-corrected chi connectivity index (χ2v) is 6.36. The fourth-order valence-electron chi connectivity index (χ4n) is 2.67. The summed E-state index contributed by atoms with van der Waals surface area (Å²) in [6.45, 7) is 0.891. The minimum atomic E-state index is -0.449. The van der Waals surface area contributed by atoms with Crippen LogP contribution in [0.4, 0.5) is 4.39 Å². The molecule has 5 nitrogen and oxygen atoms in total. The topological polar surface area (TPSA) is 57.0 Å². The highest BCUT2D eigenvalue weighted by atomic mass is 32.2. The van der Waals surface area contributed by atoms with E-state index in [1.165, 1.54) is 43.5 Å². The van der Waals surface area contributed by atoms with Crippen LogP contribution < -0.4 is 4.74 Å².